The topological polar surface area (TPSA) is 77.2 Å². The highest BCUT2D eigenvalue weighted by Gasteiger charge is 2.17. The van der Waals surface area contributed by atoms with E-state index in [9.17, 15) is 4.79 Å². The van der Waals surface area contributed by atoms with Crippen LogP contribution in [0.5, 0.6) is 5.75 Å². The molecule has 2 heterocycles. The number of carbonyl (C=O) groups excluding carboxylic acids is 1. The Hall–Kier alpha value is -3.09. The summed E-state index contributed by atoms with van der Waals surface area (Å²) in [5, 5.41) is 4.42. The number of rotatable bonds is 6. The number of carbonyl (C=O) groups is 1. The van der Waals surface area contributed by atoms with Gasteiger partial charge >= 0.3 is 0 Å². The molecule has 1 amide bonds. The molecule has 0 saturated carbocycles. The molecule has 0 unspecified atom stereocenters. The maximum atomic E-state index is 12.7. The number of nitrogens with two attached hydrogens (primary N) is 1. The van der Waals surface area contributed by atoms with Crippen molar-refractivity contribution in [3.63, 3.8) is 0 Å². The molecule has 30 heavy (non-hydrogen) atoms. The second-order valence-corrected chi connectivity index (χ2v) is 8.19. The number of thiophene rings is 1. The molecule has 0 spiro atoms. The van der Waals surface area contributed by atoms with Crippen LogP contribution in [0, 0.1) is 0 Å². The minimum atomic E-state index is -0.188. The summed E-state index contributed by atoms with van der Waals surface area (Å²) in [4.78, 5) is 18.6. The average molecular weight is 438 g/mol. The number of halogens is 1. The molecular weight excluding hydrogens is 418 g/mol. The highest BCUT2D eigenvalue weighted by Crippen LogP contribution is 2.34. The van der Waals surface area contributed by atoms with E-state index in [4.69, 9.17) is 27.1 Å². The molecule has 0 bridgehead atoms. The number of pyridine rings is 1. The number of hydrogen-bond donors (Lipinski definition) is 2. The van der Waals surface area contributed by atoms with Crippen LogP contribution in [0.4, 0.5) is 5.69 Å². The molecule has 0 aliphatic carbocycles. The molecule has 0 aliphatic heterocycles. The monoisotopic (exact) mass is 437 g/mol. The number of nitrogen functional groups attached to an aromatic ring is 1. The molecule has 2 aromatic heterocycles. The van der Waals surface area contributed by atoms with Crippen molar-refractivity contribution in [2.45, 2.75) is 6.42 Å². The highest BCUT2D eigenvalue weighted by atomic mass is 35.5. The van der Waals surface area contributed by atoms with Gasteiger partial charge in [0.1, 0.15) is 15.5 Å². The fourth-order valence-corrected chi connectivity index (χ4v) is 4.30. The van der Waals surface area contributed by atoms with Crippen molar-refractivity contribution in [1.29, 1.82) is 0 Å². The summed E-state index contributed by atoms with van der Waals surface area (Å²) < 4.78 is 5.29. The van der Waals surface area contributed by atoms with Gasteiger partial charge in [-0.1, -0.05) is 35.9 Å². The van der Waals surface area contributed by atoms with Crippen LogP contribution in [0.1, 0.15) is 15.2 Å². The van der Waals surface area contributed by atoms with E-state index < -0.39 is 0 Å². The SMILES string of the molecule is COc1cccc(-c2ccc3c(N)c(C(=O)NCCc4ccc(Cl)cc4)sc3n2)c1. The average Bonchev–Trinajstić information content (AvgIpc) is 3.11. The Bertz CT molecular complexity index is 1210. The van der Waals surface area contributed by atoms with Gasteiger partial charge in [0.25, 0.3) is 5.91 Å². The van der Waals surface area contributed by atoms with Crippen LogP contribution < -0.4 is 15.8 Å². The summed E-state index contributed by atoms with van der Waals surface area (Å²) in [6.07, 6.45) is 0.714. The van der Waals surface area contributed by atoms with Gasteiger partial charge < -0.3 is 15.8 Å². The van der Waals surface area contributed by atoms with Crippen molar-refractivity contribution in [3.05, 3.63) is 76.1 Å². The normalized spacial score (nSPS) is 10.9. The van der Waals surface area contributed by atoms with E-state index in [1.54, 1.807) is 7.11 Å². The molecule has 0 saturated heterocycles. The first-order valence-electron chi connectivity index (χ1n) is 9.41. The van der Waals surface area contributed by atoms with Gasteiger partial charge in [-0.3, -0.25) is 4.79 Å². The van der Waals surface area contributed by atoms with E-state index in [1.165, 1.54) is 11.3 Å². The van der Waals surface area contributed by atoms with E-state index >= 15 is 0 Å². The smallest absolute Gasteiger partial charge is 0.263 e. The Labute approximate surface area is 183 Å². The highest BCUT2D eigenvalue weighted by molar-refractivity contribution is 7.21. The second-order valence-electron chi connectivity index (χ2n) is 6.76. The molecule has 4 rings (SSSR count). The summed E-state index contributed by atoms with van der Waals surface area (Å²) >= 11 is 7.21. The molecule has 3 N–H and O–H groups in total. The van der Waals surface area contributed by atoms with Crippen molar-refractivity contribution >= 4 is 44.7 Å². The van der Waals surface area contributed by atoms with E-state index in [0.29, 0.717) is 28.6 Å². The zero-order valence-corrected chi connectivity index (χ0v) is 17.9. The van der Waals surface area contributed by atoms with E-state index in [1.807, 2.05) is 60.7 Å². The maximum Gasteiger partial charge on any atom is 0.263 e. The summed E-state index contributed by atoms with van der Waals surface area (Å²) in [6, 6.07) is 19.1. The third kappa shape index (κ3) is 4.25. The zero-order chi connectivity index (χ0) is 21.1. The number of methoxy groups -OCH3 is 1. The molecular formula is C23H20ClN3O2S. The molecule has 0 aliphatic rings. The fraction of sp³-hybridized carbons (Fsp3) is 0.130. The number of nitrogens with zero attached hydrogens (tertiary/aromatic N) is 1. The zero-order valence-electron chi connectivity index (χ0n) is 16.3. The Kier molecular flexibility index (Phi) is 5.88. The molecule has 5 nitrogen and oxygen atoms in total. The molecule has 0 radical (unpaired) electrons. The predicted molar refractivity (Wildman–Crippen MR) is 124 cm³/mol. The molecule has 0 atom stereocenters. The number of amides is 1. The minimum absolute atomic E-state index is 0.188. The van der Waals surface area contributed by atoms with Gasteiger partial charge in [0.15, 0.2) is 0 Å². The van der Waals surface area contributed by atoms with Crippen LogP contribution in [0.25, 0.3) is 21.5 Å². The lowest BCUT2D eigenvalue weighted by atomic mass is 10.1. The molecule has 0 fully saturated rings. The van der Waals surface area contributed by atoms with Crippen molar-refractivity contribution in [2.24, 2.45) is 0 Å². The fourth-order valence-electron chi connectivity index (χ4n) is 3.16. The Morgan fingerprint density at radius 3 is 2.73 bits per heavy atom. The maximum absolute atomic E-state index is 12.7. The van der Waals surface area contributed by atoms with Crippen LogP contribution in [-0.4, -0.2) is 24.5 Å². The Morgan fingerprint density at radius 1 is 1.17 bits per heavy atom. The predicted octanol–water partition coefficient (Wildman–Crippen LogP) is 5.18. The van der Waals surface area contributed by atoms with Crippen LogP contribution >= 0.6 is 22.9 Å². The van der Waals surface area contributed by atoms with Crippen LogP contribution in [-0.2, 0) is 6.42 Å². The summed E-state index contributed by atoms with van der Waals surface area (Å²) in [5.74, 6) is 0.577. The van der Waals surface area contributed by atoms with Crippen LogP contribution in [0.3, 0.4) is 0 Å². The number of ether oxygens (including phenoxy) is 1. The van der Waals surface area contributed by atoms with Gasteiger partial charge in [-0.15, -0.1) is 11.3 Å². The number of benzene rings is 2. The lowest BCUT2D eigenvalue weighted by Crippen LogP contribution is -2.25. The second kappa shape index (κ2) is 8.73. The third-order valence-electron chi connectivity index (χ3n) is 4.78. The van der Waals surface area contributed by atoms with Gasteiger partial charge in [-0.05, 0) is 48.4 Å². The van der Waals surface area contributed by atoms with Gasteiger partial charge in [-0.2, -0.15) is 0 Å². The molecule has 4 aromatic rings. The number of hydrogen-bond acceptors (Lipinski definition) is 5. The van der Waals surface area contributed by atoms with E-state index in [2.05, 4.69) is 5.32 Å². The lowest BCUT2D eigenvalue weighted by molar-refractivity contribution is 0.0959. The van der Waals surface area contributed by atoms with Crippen molar-refractivity contribution in [2.75, 3.05) is 19.4 Å². The van der Waals surface area contributed by atoms with E-state index in [-0.39, 0.29) is 5.91 Å². The number of nitrogens with one attached hydrogen (secondary N) is 1. The van der Waals surface area contributed by atoms with Crippen molar-refractivity contribution in [3.8, 4) is 17.0 Å². The summed E-state index contributed by atoms with van der Waals surface area (Å²) in [6.45, 7) is 0.511. The third-order valence-corrected chi connectivity index (χ3v) is 6.14. The molecule has 2 aromatic carbocycles. The molecule has 7 heteroatoms. The van der Waals surface area contributed by atoms with Crippen LogP contribution in [0.15, 0.2) is 60.7 Å². The first-order valence-corrected chi connectivity index (χ1v) is 10.6. The molecule has 152 valence electrons. The van der Waals surface area contributed by atoms with E-state index in [0.717, 1.165) is 32.8 Å². The van der Waals surface area contributed by atoms with Gasteiger partial charge in [0, 0.05) is 22.5 Å². The van der Waals surface area contributed by atoms with Gasteiger partial charge in [-0.25, -0.2) is 4.98 Å². The number of anilines is 1. The minimum Gasteiger partial charge on any atom is -0.497 e. The standard InChI is InChI=1S/C23H20ClN3O2S/c1-29-17-4-2-3-15(13-17)19-10-9-18-20(25)21(30-23(18)27-19)22(28)26-12-11-14-5-7-16(24)8-6-14/h2-10,13H,11-12,25H2,1H3,(H,26,28). The number of aromatic nitrogens is 1. The van der Waals surface area contributed by atoms with Gasteiger partial charge in [0.2, 0.25) is 0 Å². The lowest BCUT2D eigenvalue weighted by Gasteiger charge is -2.05. The quantitative estimate of drug-likeness (QED) is 0.435. The Balaban J connectivity index is 1.52. The summed E-state index contributed by atoms with van der Waals surface area (Å²) in [7, 11) is 1.63. The largest absolute Gasteiger partial charge is 0.497 e. The van der Waals surface area contributed by atoms with Crippen LogP contribution in [0.2, 0.25) is 5.02 Å². The van der Waals surface area contributed by atoms with Crippen molar-refractivity contribution in [1.82, 2.24) is 10.3 Å². The Morgan fingerprint density at radius 2 is 1.97 bits per heavy atom. The van der Waals surface area contributed by atoms with Gasteiger partial charge in [0.05, 0.1) is 18.5 Å². The first-order chi connectivity index (χ1) is 14.5. The first kappa shape index (κ1) is 20.2. The number of fused-ring (bicyclic) bond motifs is 1. The van der Waals surface area contributed by atoms with Crippen molar-refractivity contribution < 1.29 is 9.53 Å². The summed E-state index contributed by atoms with van der Waals surface area (Å²) in [5.41, 5.74) is 9.56.